The van der Waals surface area contributed by atoms with E-state index in [1.165, 1.54) is 16.9 Å². The molecule has 1 aliphatic rings. The summed E-state index contributed by atoms with van der Waals surface area (Å²) in [6.45, 7) is 4.78. The molecule has 0 aliphatic heterocycles. The average Bonchev–Trinajstić information content (AvgIpc) is 3.03. The molecule has 4 rings (SSSR count). The number of H-pyrrole nitrogens is 1. The van der Waals surface area contributed by atoms with E-state index in [-0.39, 0.29) is 11.5 Å². The minimum Gasteiger partial charge on any atom is -0.323 e. The monoisotopic (exact) mass is 411 g/mol. The van der Waals surface area contributed by atoms with E-state index < -0.39 is 0 Å². The van der Waals surface area contributed by atoms with Gasteiger partial charge in [-0.15, -0.1) is 11.3 Å². The number of rotatable bonds is 5. The summed E-state index contributed by atoms with van der Waals surface area (Å²) in [7, 11) is 1.94. The molecule has 0 radical (unpaired) electrons. The molecular weight excluding hydrogens is 384 g/mol. The topological polar surface area (TPSA) is 79.3 Å². The van der Waals surface area contributed by atoms with Gasteiger partial charge in [0.1, 0.15) is 11.4 Å². The van der Waals surface area contributed by atoms with Gasteiger partial charge in [-0.2, -0.15) is 0 Å². The molecule has 0 saturated carbocycles. The maximum absolute atomic E-state index is 12.7. The number of aromatic amines is 1. The van der Waals surface area contributed by atoms with Crippen molar-refractivity contribution in [2.24, 2.45) is 0 Å². The summed E-state index contributed by atoms with van der Waals surface area (Å²) in [5, 5.41) is 3.80. The van der Waals surface area contributed by atoms with Gasteiger partial charge in [0, 0.05) is 10.6 Å². The number of fused-ring (bicyclic) bond motifs is 3. The molecule has 1 atom stereocenters. The van der Waals surface area contributed by atoms with Gasteiger partial charge in [-0.05, 0) is 56.2 Å². The van der Waals surface area contributed by atoms with Crippen LogP contribution in [0.3, 0.4) is 0 Å². The van der Waals surface area contributed by atoms with Gasteiger partial charge in [0.05, 0.1) is 12.4 Å². The number of aryl methyl sites for hydroxylation is 4. The second-order valence-corrected chi connectivity index (χ2v) is 9.11. The molecule has 7 heteroatoms. The summed E-state index contributed by atoms with van der Waals surface area (Å²) in [5.41, 5.74) is 4.13. The number of likely N-dealkylation sites (N-methyl/N-ethyl adjacent to an activating group) is 1. The lowest BCUT2D eigenvalue weighted by Crippen LogP contribution is -3.08. The van der Waals surface area contributed by atoms with Crippen LogP contribution in [0.5, 0.6) is 0 Å². The van der Waals surface area contributed by atoms with E-state index in [1.54, 1.807) is 11.3 Å². The number of nitrogens with one attached hydrogen (secondary N) is 3. The van der Waals surface area contributed by atoms with Gasteiger partial charge in [-0.1, -0.05) is 18.2 Å². The van der Waals surface area contributed by atoms with Crippen LogP contribution in [0.1, 0.15) is 40.2 Å². The van der Waals surface area contributed by atoms with E-state index in [0.717, 1.165) is 51.2 Å². The third kappa shape index (κ3) is 4.11. The summed E-state index contributed by atoms with van der Waals surface area (Å²) < 4.78 is 0. The Labute approximate surface area is 174 Å². The highest BCUT2D eigenvalue weighted by atomic mass is 32.1. The minimum atomic E-state index is -0.0464. The summed E-state index contributed by atoms with van der Waals surface area (Å²) >= 11 is 1.65. The minimum absolute atomic E-state index is 0.0443. The van der Waals surface area contributed by atoms with Crippen molar-refractivity contribution in [3.8, 4) is 0 Å². The van der Waals surface area contributed by atoms with E-state index in [4.69, 9.17) is 4.98 Å². The Bertz CT molecular complexity index is 1110. The first-order valence-electron chi connectivity index (χ1n) is 10.1. The molecule has 29 heavy (non-hydrogen) atoms. The van der Waals surface area contributed by atoms with Gasteiger partial charge in [0.2, 0.25) is 0 Å². The highest BCUT2D eigenvalue weighted by molar-refractivity contribution is 7.18. The molecule has 152 valence electrons. The maximum Gasteiger partial charge on any atom is 0.279 e. The highest BCUT2D eigenvalue weighted by Crippen LogP contribution is 2.33. The van der Waals surface area contributed by atoms with E-state index >= 15 is 0 Å². The zero-order valence-electron chi connectivity index (χ0n) is 17.1. The fraction of sp³-hybridized carbons (Fsp3) is 0.409. The van der Waals surface area contributed by atoms with Crippen LogP contribution in [-0.2, 0) is 24.2 Å². The molecule has 3 aromatic rings. The lowest BCUT2D eigenvalue weighted by atomic mass is 9.97. The van der Waals surface area contributed by atoms with Crippen LogP contribution in [0.25, 0.3) is 10.2 Å². The molecule has 0 fully saturated rings. The lowest BCUT2D eigenvalue weighted by molar-refractivity contribution is -0.885. The molecule has 1 unspecified atom stereocenters. The number of aromatic nitrogens is 2. The van der Waals surface area contributed by atoms with Gasteiger partial charge in [0.25, 0.3) is 11.5 Å². The summed E-state index contributed by atoms with van der Waals surface area (Å²) in [6, 6.07) is 5.96. The predicted molar refractivity (Wildman–Crippen MR) is 117 cm³/mol. The van der Waals surface area contributed by atoms with Gasteiger partial charge < -0.3 is 15.2 Å². The normalized spacial score (nSPS) is 14.6. The fourth-order valence-electron chi connectivity index (χ4n) is 4.11. The van der Waals surface area contributed by atoms with Crippen LogP contribution in [0, 0.1) is 13.8 Å². The Hall–Kier alpha value is -2.51. The highest BCUT2D eigenvalue weighted by Gasteiger charge is 2.21. The number of quaternary nitrogens is 1. The lowest BCUT2D eigenvalue weighted by Gasteiger charge is -2.15. The molecule has 2 aromatic heterocycles. The number of carbonyl (C=O) groups excluding carboxylic acids is 1. The smallest absolute Gasteiger partial charge is 0.279 e. The van der Waals surface area contributed by atoms with Crippen molar-refractivity contribution in [1.82, 2.24) is 9.97 Å². The number of benzene rings is 1. The number of anilines is 1. The molecule has 3 N–H and O–H groups in total. The first kappa shape index (κ1) is 19.8. The zero-order valence-corrected chi connectivity index (χ0v) is 18.0. The molecule has 6 nitrogen and oxygen atoms in total. The average molecular weight is 412 g/mol. The SMILES string of the molecule is Cc1cccc(C)c1NC(=O)C[NH+](C)Cc1nc2sc3c(c2c(=O)[nH]1)CCCC3. The van der Waals surface area contributed by atoms with Gasteiger partial charge in [-0.25, -0.2) is 4.98 Å². The molecule has 1 amide bonds. The van der Waals surface area contributed by atoms with Crippen molar-refractivity contribution in [3.05, 3.63) is 55.9 Å². The Kier molecular flexibility index (Phi) is 5.52. The van der Waals surface area contributed by atoms with Crippen LogP contribution in [0.15, 0.2) is 23.0 Å². The van der Waals surface area contributed by atoms with Crippen molar-refractivity contribution in [1.29, 1.82) is 0 Å². The van der Waals surface area contributed by atoms with E-state index in [1.807, 2.05) is 39.1 Å². The standard InChI is InChI=1S/C22H26N4O2S/c1-13-7-6-8-14(2)20(13)25-18(27)12-26(3)11-17-23-21(28)19-15-9-4-5-10-16(15)29-22(19)24-17/h6-8H,4-5,9-12H2,1-3H3,(H,25,27)(H,23,24,28)/p+1. The van der Waals surface area contributed by atoms with Crippen molar-refractivity contribution in [2.45, 2.75) is 46.1 Å². The predicted octanol–water partition coefficient (Wildman–Crippen LogP) is 2.13. The van der Waals surface area contributed by atoms with Crippen molar-refractivity contribution >= 4 is 33.1 Å². The molecule has 0 bridgehead atoms. The van der Waals surface area contributed by atoms with Crippen molar-refractivity contribution in [3.63, 3.8) is 0 Å². The molecule has 0 saturated heterocycles. The zero-order chi connectivity index (χ0) is 20.5. The van der Waals surface area contributed by atoms with Gasteiger partial charge in [-0.3, -0.25) is 9.59 Å². The molecule has 1 aromatic carbocycles. The quantitative estimate of drug-likeness (QED) is 0.602. The van der Waals surface area contributed by atoms with Crippen LogP contribution in [0.4, 0.5) is 5.69 Å². The number of carbonyl (C=O) groups is 1. The second-order valence-electron chi connectivity index (χ2n) is 8.03. The number of hydrogen-bond acceptors (Lipinski definition) is 4. The van der Waals surface area contributed by atoms with Crippen LogP contribution in [-0.4, -0.2) is 29.5 Å². The Morgan fingerprint density at radius 3 is 2.72 bits per heavy atom. The van der Waals surface area contributed by atoms with Crippen LogP contribution < -0.4 is 15.8 Å². The number of thiophene rings is 1. The summed E-state index contributed by atoms with van der Waals surface area (Å²) in [5.74, 6) is 0.591. The van der Waals surface area contributed by atoms with Gasteiger partial charge in [0.15, 0.2) is 12.4 Å². The largest absolute Gasteiger partial charge is 0.323 e. The first-order chi connectivity index (χ1) is 13.9. The molecule has 1 aliphatic carbocycles. The molecule has 2 heterocycles. The van der Waals surface area contributed by atoms with Crippen LogP contribution in [0.2, 0.25) is 0 Å². The van der Waals surface area contributed by atoms with E-state index in [9.17, 15) is 9.59 Å². The number of amides is 1. The van der Waals surface area contributed by atoms with Gasteiger partial charge >= 0.3 is 0 Å². The van der Waals surface area contributed by atoms with E-state index in [2.05, 4.69) is 10.3 Å². The van der Waals surface area contributed by atoms with Crippen LogP contribution >= 0.6 is 11.3 Å². The first-order valence-corrected chi connectivity index (χ1v) is 10.9. The number of hydrogen-bond donors (Lipinski definition) is 3. The number of nitrogens with zero attached hydrogens (tertiary/aromatic N) is 1. The van der Waals surface area contributed by atoms with Crippen molar-refractivity contribution < 1.29 is 9.69 Å². The fourth-order valence-corrected chi connectivity index (χ4v) is 5.39. The molecule has 0 spiro atoms. The molecular formula is C22H27N4O2S+. The number of para-hydroxylation sites is 1. The maximum atomic E-state index is 12.7. The third-order valence-corrected chi connectivity index (χ3v) is 6.74. The Morgan fingerprint density at radius 1 is 1.24 bits per heavy atom. The summed E-state index contributed by atoms with van der Waals surface area (Å²) in [6.07, 6.45) is 4.35. The van der Waals surface area contributed by atoms with Crippen molar-refractivity contribution in [2.75, 3.05) is 18.9 Å². The summed E-state index contributed by atoms with van der Waals surface area (Å²) in [4.78, 5) is 36.0. The Morgan fingerprint density at radius 2 is 1.97 bits per heavy atom. The second kappa shape index (κ2) is 8.08. The third-order valence-electron chi connectivity index (χ3n) is 5.55. The van der Waals surface area contributed by atoms with E-state index in [0.29, 0.717) is 18.9 Å². The Balaban J connectivity index is 1.47.